The lowest BCUT2D eigenvalue weighted by Gasteiger charge is -2.29. The van der Waals surface area contributed by atoms with Crippen molar-refractivity contribution in [2.45, 2.75) is 5.54 Å². The van der Waals surface area contributed by atoms with E-state index in [2.05, 4.69) is 5.32 Å². The maximum absolute atomic E-state index is 13.3. The minimum Gasteiger partial charge on any atom is -0.362 e. The van der Waals surface area contributed by atoms with Crippen molar-refractivity contribution in [3.63, 3.8) is 0 Å². The second-order valence-electron chi connectivity index (χ2n) is 5.96. The number of ketones is 2. The van der Waals surface area contributed by atoms with Gasteiger partial charge in [-0.15, -0.1) is 0 Å². The normalized spacial score (nSPS) is 15.1. The lowest BCUT2D eigenvalue weighted by Crippen LogP contribution is -2.46. The first-order chi connectivity index (χ1) is 12.1. The molecule has 4 heteroatoms. The third-order valence-corrected chi connectivity index (χ3v) is 4.70. The number of hydrogen-bond acceptors (Lipinski definition) is 3. The van der Waals surface area contributed by atoms with Crippen LogP contribution in [0.2, 0.25) is 5.02 Å². The predicted molar refractivity (Wildman–Crippen MR) is 98.3 cm³/mol. The van der Waals surface area contributed by atoms with Crippen LogP contribution in [-0.4, -0.2) is 11.6 Å². The average Bonchev–Trinajstić information content (AvgIpc) is 2.86. The van der Waals surface area contributed by atoms with Gasteiger partial charge in [0.2, 0.25) is 11.6 Å². The summed E-state index contributed by atoms with van der Waals surface area (Å²) in [7, 11) is 0. The molecule has 0 aliphatic heterocycles. The summed E-state index contributed by atoms with van der Waals surface area (Å²) >= 11 is 6.07. The van der Waals surface area contributed by atoms with E-state index in [0.717, 1.165) is 0 Å². The lowest BCUT2D eigenvalue weighted by atomic mass is 9.84. The highest BCUT2D eigenvalue weighted by atomic mass is 35.5. The Morgan fingerprint density at radius 1 is 0.720 bits per heavy atom. The Kier molecular flexibility index (Phi) is 3.66. The fourth-order valence-corrected chi connectivity index (χ4v) is 3.50. The van der Waals surface area contributed by atoms with Crippen LogP contribution in [-0.2, 0) is 5.54 Å². The first-order valence-electron chi connectivity index (χ1n) is 7.91. The van der Waals surface area contributed by atoms with Gasteiger partial charge in [0.05, 0.1) is 0 Å². The zero-order valence-electron chi connectivity index (χ0n) is 13.2. The smallest absolute Gasteiger partial charge is 0.201 e. The van der Waals surface area contributed by atoms with Gasteiger partial charge < -0.3 is 5.32 Å². The standard InChI is InChI=1S/C21H14ClNO2/c22-15-9-6-10-16(13-15)23-21(14-7-2-1-3-8-14)19(24)17-11-4-5-12-18(17)20(21)25/h1-13,23H. The molecule has 1 aliphatic rings. The maximum atomic E-state index is 13.3. The van der Waals surface area contributed by atoms with Crippen LogP contribution in [0.15, 0.2) is 78.9 Å². The lowest BCUT2D eigenvalue weighted by molar-refractivity contribution is 0.0819. The molecule has 0 heterocycles. The predicted octanol–water partition coefficient (Wildman–Crippen LogP) is 4.73. The number of carbonyl (C=O) groups is 2. The molecule has 3 nitrogen and oxygen atoms in total. The second-order valence-corrected chi connectivity index (χ2v) is 6.39. The number of Topliss-reactive ketones (excluding diaryl/α,β-unsaturated/α-hetero) is 2. The van der Waals surface area contributed by atoms with E-state index in [1.165, 1.54) is 0 Å². The van der Waals surface area contributed by atoms with Gasteiger partial charge in [-0.2, -0.15) is 0 Å². The number of carbonyl (C=O) groups excluding carboxylic acids is 2. The summed E-state index contributed by atoms with van der Waals surface area (Å²) in [5.41, 5.74) is 0.624. The summed E-state index contributed by atoms with van der Waals surface area (Å²) in [5.74, 6) is -0.501. The molecule has 0 atom stereocenters. The topological polar surface area (TPSA) is 46.2 Å². The van der Waals surface area contributed by atoms with E-state index in [0.29, 0.717) is 27.4 Å². The summed E-state index contributed by atoms with van der Waals surface area (Å²) in [6.07, 6.45) is 0. The molecule has 0 amide bonds. The Labute approximate surface area is 150 Å². The SMILES string of the molecule is O=C1c2ccccc2C(=O)C1(Nc1cccc(Cl)c1)c1ccccc1. The molecular weight excluding hydrogens is 334 g/mol. The van der Waals surface area contributed by atoms with Crippen molar-refractivity contribution in [3.05, 3.63) is 101 Å². The number of rotatable bonds is 3. The summed E-state index contributed by atoms with van der Waals surface area (Å²) in [5, 5.41) is 3.71. The van der Waals surface area contributed by atoms with Crippen LogP contribution in [0.3, 0.4) is 0 Å². The van der Waals surface area contributed by atoms with Gasteiger partial charge in [-0.1, -0.05) is 72.3 Å². The Balaban J connectivity index is 1.93. The van der Waals surface area contributed by atoms with Gasteiger partial charge in [0, 0.05) is 21.8 Å². The Morgan fingerprint density at radius 3 is 1.92 bits per heavy atom. The summed E-state index contributed by atoms with van der Waals surface area (Å²) < 4.78 is 0. The van der Waals surface area contributed by atoms with Crippen molar-refractivity contribution in [1.29, 1.82) is 0 Å². The van der Waals surface area contributed by atoms with Crippen LogP contribution in [0.4, 0.5) is 5.69 Å². The minimum absolute atomic E-state index is 0.251. The summed E-state index contributed by atoms with van der Waals surface area (Å²) in [6.45, 7) is 0. The highest BCUT2D eigenvalue weighted by Crippen LogP contribution is 2.40. The Hall–Kier alpha value is -2.91. The van der Waals surface area contributed by atoms with Gasteiger partial charge in [-0.3, -0.25) is 9.59 Å². The fraction of sp³-hybridized carbons (Fsp3) is 0.0476. The molecule has 3 aromatic carbocycles. The van der Waals surface area contributed by atoms with Crippen LogP contribution in [0.1, 0.15) is 26.3 Å². The number of benzene rings is 3. The molecule has 0 radical (unpaired) electrons. The molecule has 0 fully saturated rings. The highest BCUT2D eigenvalue weighted by Gasteiger charge is 2.54. The molecule has 122 valence electrons. The summed E-state index contributed by atoms with van der Waals surface area (Å²) in [6, 6.07) is 23.0. The van der Waals surface area contributed by atoms with Gasteiger partial charge in [-0.05, 0) is 23.8 Å². The molecule has 25 heavy (non-hydrogen) atoms. The van der Waals surface area contributed by atoms with E-state index in [-0.39, 0.29) is 11.6 Å². The highest BCUT2D eigenvalue weighted by molar-refractivity contribution is 6.34. The van der Waals surface area contributed by atoms with Gasteiger partial charge in [-0.25, -0.2) is 0 Å². The molecule has 0 saturated carbocycles. The Bertz CT molecular complexity index is 947. The van der Waals surface area contributed by atoms with Crippen molar-refractivity contribution in [2.75, 3.05) is 5.32 Å². The number of anilines is 1. The van der Waals surface area contributed by atoms with E-state index < -0.39 is 5.54 Å². The maximum Gasteiger partial charge on any atom is 0.201 e. The Morgan fingerprint density at radius 2 is 1.32 bits per heavy atom. The first kappa shape index (κ1) is 15.6. The molecular formula is C21H14ClNO2. The van der Waals surface area contributed by atoms with E-state index >= 15 is 0 Å². The zero-order chi connectivity index (χ0) is 17.4. The third kappa shape index (κ3) is 2.36. The molecule has 0 unspecified atom stereocenters. The van der Waals surface area contributed by atoms with Gasteiger partial charge >= 0.3 is 0 Å². The monoisotopic (exact) mass is 347 g/mol. The molecule has 4 rings (SSSR count). The van der Waals surface area contributed by atoms with Crippen LogP contribution >= 0.6 is 11.6 Å². The molecule has 1 aliphatic carbocycles. The largest absolute Gasteiger partial charge is 0.362 e. The van der Waals surface area contributed by atoms with Crippen LogP contribution < -0.4 is 5.32 Å². The van der Waals surface area contributed by atoms with Crippen molar-refractivity contribution in [3.8, 4) is 0 Å². The van der Waals surface area contributed by atoms with E-state index in [9.17, 15) is 9.59 Å². The van der Waals surface area contributed by atoms with E-state index in [1.54, 1.807) is 60.7 Å². The zero-order valence-corrected chi connectivity index (χ0v) is 14.0. The quantitative estimate of drug-likeness (QED) is 0.697. The average molecular weight is 348 g/mol. The number of halogens is 1. The van der Waals surface area contributed by atoms with Crippen molar-refractivity contribution < 1.29 is 9.59 Å². The van der Waals surface area contributed by atoms with Gasteiger partial charge in [0.25, 0.3) is 0 Å². The molecule has 0 aromatic heterocycles. The molecule has 1 N–H and O–H groups in total. The molecule has 3 aromatic rings. The molecule has 0 saturated heterocycles. The van der Waals surface area contributed by atoms with Gasteiger partial charge in [0.15, 0.2) is 5.54 Å². The van der Waals surface area contributed by atoms with E-state index in [1.807, 2.05) is 18.2 Å². The summed E-state index contributed by atoms with van der Waals surface area (Å²) in [4.78, 5) is 26.6. The van der Waals surface area contributed by atoms with Crippen LogP contribution in [0.25, 0.3) is 0 Å². The van der Waals surface area contributed by atoms with Crippen molar-refractivity contribution in [1.82, 2.24) is 0 Å². The number of nitrogens with one attached hydrogen (secondary N) is 1. The number of hydrogen-bond donors (Lipinski definition) is 1. The van der Waals surface area contributed by atoms with Crippen molar-refractivity contribution >= 4 is 28.9 Å². The fourth-order valence-electron chi connectivity index (χ4n) is 3.31. The second kappa shape index (κ2) is 5.87. The first-order valence-corrected chi connectivity index (χ1v) is 8.28. The van der Waals surface area contributed by atoms with Crippen LogP contribution in [0, 0.1) is 0 Å². The minimum atomic E-state index is -1.48. The van der Waals surface area contributed by atoms with E-state index in [4.69, 9.17) is 11.6 Å². The van der Waals surface area contributed by atoms with Gasteiger partial charge in [0.1, 0.15) is 0 Å². The molecule has 0 bridgehead atoms. The molecule has 0 spiro atoms. The number of fused-ring (bicyclic) bond motifs is 1. The van der Waals surface area contributed by atoms with Crippen molar-refractivity contribution in [2.24, 2.45) is 0 Å². The third-order valence-electron chi connectivity index (χ3n) is 4.46. The van der Waals surface area contributed by atoms with Crippen LogP contribution in [0.5, 0.6) is 0 Å².